The van der Waals surface area contributed by atoms with Crippen molar-refractivity contribution in [2.45, 2.75) is 58.0 Å². The van der Waals surface area contributed by atoms with E-state index in [1.165, 1.54) is 27.8 Å². The van der Waals surface area contributed by atoms with Crippen molar-refractivity contribution in [3.05, 3.63) is 10.4 Å². The van der Waals surface area contributed by atoms with Crippen LogP contribution in [0.1, 0.15) is 27.2 Å². The van der Waals surface area contributed by atoms with Crippen molar-refractivity contribution in [1.29, 1.82) is 0 Å². The Hall–Kier alpha value is -2.46. The molecule has 0 aromatic rings. The number of ether oxygens (including phenoxy) is 3. The average Bonchev–Trinajstić information content (AvgIpc) is 2.51. The molecule has 12 heteroatoms. The summed E-state index contributed by atoms with van der Waals surface area (Å²) in [6, 6.07) is -0.836. The summed E-state index contributed by atoms with van der Waals surface area (Å²) in [6.07, 6.45) is -4.51. The molecule has 1 fully saturated rings. The van der Waals surface area contributed by atoms with Crippen molar-refractivity contribution >= 4 is 11.9 Å². The van der Waals surface area contributed by atoms with Crippen LogP contribution in [-0.4, -0.2) is 61.4 Å². The van der Waals surface area contributed by atoms with Gasteiger partial charge in [-0.2, -0.15) is 5.11 Å². The highest BCUT2D eigenvalue weighted by Crippen LogP contribution is 2.30. The lowest BCUT2D eigenvalue weighted by Gasteiger charge is -2.43. The van der Waals surface area contributed by atoms with Gasteiger partial charge < -0.3 is 14.2 Å². The molecular formula is C13H21FN6O5. The van der Waals surface area contributed by atoms with E-state index >= 15 is 0 Å². The Kier molecular flexibility index (Phi) is 8.02. The predicted molar refractivity (Wildman–Crippen MR) is 81.6 cm³/mol. The molecule has 0 aromatic carbocycles. The molecule has 1 aliphatic heterocycles. The summed E-state index contributed by atoms with van der Waals surface area (Å²) in [6.45, 7) is 3.36. The van der Waals surface area contributed by atoms with E-state index in [1.54, 1.807) is 0 Å². The molecule has 0 saturated carbocycles. The van der Waals surface area contributed by atoms with E-state index in [4.69, 9.17) is 19.7 Å². The molecule has 2 unspecified atom stereocenters. The number of nitrogens with zero attached hydrogens (tertiary/aromatic N) is 6. The van der Waals surface area contributed by atoms with Crippen molar-refractivity contribution in [3.63, 3.8) is 0 Å². The molecule has 0 N–H and O–H groups in total. The number of carbonyl (C=O) groups is 2. The Labute approximate surface area is 143 Å². The van der Waals surface area contributed by atoms with E-state index in [0.717, 1.165) is 5.01 Å². The molecule has 140 valence electrons. The third kappa shape index (κ3) is 6.16. The van der Waals surface area contributed by atoms with Crippen LogP contribution >= 0.6 is 0 Å². The Bertz CT molecular complexity index is 553. The van der Waals surface area contributed by atoms with Gasteiger partial charge in [-0.15, -0.1) is 0 Å². The second-order valence-corrected chi connectivity index (χ2v) is 5.26. The van der Waals surface area contributed by atoms with E-state index in [2.05, 4.69) is 20.4 Å². The fraction of sp³-hybridized carbons (Fsp3) is 0.846. The quantitative estimate of drug-likeness (QED) is 0.170. The second-order valence-electron chi connectivity index (χ2n) is 5.26. The van der Waals surface area contributed by atoms with Crippen LogP contribution in [0.4, 0.5) is 4.39 Å². The maximum Gasteiger partial charge on any atom is 0.303 e. The van der Waals surface area contributed by atoms with E-state index < -0.39 is 42.7 Å². The number of hydrogen-bond donors (Lipinski definition) is 0. The maximum atomic E-state index is 14.0. The SMILES string of the molecule is C/N=N\N(C(C)F)[C@@H]1CC(N=[N+]=[N-])O[C@H](COC(C)=O)[C@@H]1OC(C)=O. The van der Waals surface area contributed by atoms with Gasteiger partial charge in [0.2, 0.25) is 0 Å². The highest BCUT2D eigenvalue weighted by atomic mass is 19.1. The van der Waals surface area contributed by atoms with E-state index in [9.17, 15) is 14.0 Å². The number of halogens is 1. The normalized spacial score (nSPS) is 27.2. The lowest BCUT2D eigenvalue weighted by Crippen LogP contribution is -2.58. The monoisotopic (exact) mass is 360 g/mol. The van der Waals surface area contributed by atoms with Crippen molar-refractivity contribution in [3.8, 4) is 0 Å². The topological polar surface area (TPSA) is 139 Å². The lowest BCUT2D eigenvalue weighted by atomic mass is 9.97. The maximum absolute atomic E-state index is 14.0. The molecule has 1 saturated heterocycles. The third-order valence-corrected chi connectivity index (χ3v) is 3.35. The molecule has 1 heterocycles. The van der Waals surface area contributed by atoms with E-state index in [1.807, 2.05) is 0 Å². The highest BCUT2D eigenvalue weighted by Gasteiger charge is 2.45. The zero-order chi connectivity index (χ0) is 19.0. The molecule has 0 spiro atoms. The third-order valence-electron chi connectivity index (χ3n) is 3.35. The molecule has 5 atom stereocenters. The molecule has 0 aliphatic carbocycles. The van der Waals surface area contributed by atoms with Gasteiger partial charge in [-0.25, -0.2) is 9.40 Å². The van der Waals surface area contributed by atoms with Gasteiger partial charge >= 0.3 is 11.9 Å². The van der Waals surface area contributed by atoms with Gasteiger partial charge in [0.1, 0.15) is 18.9 Å². The fourth-order valence-electron chi connectivity index (χ4n) is 2.50. The van der Waals surface area contributed by atoms with Gasteiger partial charge in [0.05, 0.1) is 13.1 Å². The molecular weight excluding hydrogens is 339 g/mol. The van der Waals surface area contributed by atoms with Gasteiger partial charge in [-0.3, -0.25) is 9.59 Å². The van der Waals surface area contributed by atoms with Gasteiger partial charge in [-0.05, 0) is 12.5 Å². The zero-order valence-electron chi connectivity index (χ0n) is 14.4. The Balaban J connectivity index is 3.20. The van der Waals surface area contributed by atoms with Crippen LogP contribution in [0.25, 0.3) is 10.4 Å². The van der Waals surface area contributed by atoms with Crippen LogP contribution in [0.2, 0.25) is 0 Å². The standard InChI is InChI=1S/C13H21FN6O5/c1-7(14)20(19-16-4)10-5-12(17-18-15)25-11(6-23-8(2)21)13(10)24-9(3)22/h7,10-13H,5-6H2,1-4H3/b19-16-/t7?,10-,11-,12?,13-/m1/s1. The van der Waals surface area contributed by atoms with E-state index in [-0.39, 0.29) is 13.0 Å². The number of rotatable bonds is 7. The number of azide groups is 1. The van der Waals surface area contributed by atoms with Crippen LogP contribution in [0, 0.1) is 0 Å². The molecule has 1 rings (SSSR count). The van der Waals surface area contributed by atoms with Crippen LogP contribution in [0.5, 0.6) is 0 Å². The van der Waals surface area contributed by atoms with Gasteiger partial charge in [0.15, 0.2) is 12.4 Å². The summed E-state index contributed by atoms with van der Waals surface area (Å²) < 4.78 is 29.7. The smallest absolute Gasteiger partial charge is 0.303 e. The Morgan fingerprint density at radius 1 is 1.44 bits per heavy atom. The first kappa shape index (κ1) is 20.6. The number of esters is 2. The molecule has 25 heavy (non-hydrogen) atoms. The average molecular weight is 360 g/mol. The lowest BCUT2D eigenvalue weighted by molar-refractivity contribution is -0.202. The largest absolute Gasteiger partial charge is 0.463 e. The molecule has 0 aromatic heterocycles. The van der Waals surface area contributed by atoms with Gasteiger partial charge in [0.25, 0.3) is 0 Å². The summed E-state index contributed by atoms with van der Waals surface area (Å²) in [5, 5.41) is 11.8. The number of alkyl halides is 1. The Morgan fingerprint density at radius 2 is 2.12 bits per heavy atom. The van der Waals surface area contributed by atoms with Crippen LogP contribution in [-0.2, 0) is 23.8 Å². The first-order valence-corrected chi connectivity index (χ1v) is 7.52. The van der Waals surface area contributed by atoms with E-state index in [0.29, 0.717) is 0 Å². The molecule has 1 aliphatic rings. The molecule has 0 bridgehead atoms. The van der Waals surface area contributed by atoms with Gasteiger partial charge in [0, 0.05) is 25.2 Å². The number of hydrogen-bond acceptors (Lipinski definition) is 8. The van der Waals surface area contributed by atoms with Crippen LogP contribution in [0.15, 0.2) is 15.5 Å². The van der Waals surface area contributed by atoms with Crippen molar-refractivity contribution in [2.75, 3.05) is 13.7 Å². The van der Waals surface area contributed by atoms with Crippen molar-refractivity contribution in [2.24, 2.45) is 15.5 Å². The van der Waals surface area contributed by atoms with Crippen LogP contribution < -0.4 is 0 Å². The molecule has 0 amide bonds. The summed E-state index contributed by atoms with van der Waals surface area (Å²) in [5.74, 6) is -1.20. The minimum absolute atomic E-state index is 0.00581. The first-order valence-electron chi connectivity index (χ1n) is 7.52. The highest BCUT2D eigenvalue weighted by molar-refractivity contribution is 5.66. The van der Waals surface area contributed by atoms with Crippen molar-refractivity contribution in [1.82, 2.24) is 5.01 Å². The molecule has 11 nitrogen and oxygen atoms in total. The number of carbonyl (C=O) groups excluding carboxylic acids is 2. The summed E-state index contributed by atoms with van der Waals surface area (Å²) in [7, 11) is 1.36. The minimum Gasteiger partial charge on any atom is -0.463 e. The zero-order valence-corrected chi connectivity index (χ0v) is 14.4. The molecule has 0 radical (unpaired) electrons. The summed E-state index contributed by atoms with van der Waals surface area (Å²) in [5.41, 5.74) is 8.65. The fourth-order valence-corrected chi connectivity index (χ4v) is 2.50. The van der Waals surface area contributed by atoms with Crippen LogP contribution in [0.3, 0.4) is 0 Å². The predicted octanol–water partition coefficient (Wildman–Crippen LogP) is 1.89. The Morgan fingerprint density at radius 3 is 2.60 bits per heavy atom. The van der Waals surface area contributed by atoms with Crippen molar-refractivity contribution < 1.29 is 28.2 Å². The first-order chi connectivity index (χ1) is 11.8. The minimum atomic E-state index is -1.56. The summed E-state index contributed by atoms with van der Waals surface area (Å²) >= 11 is 0. The summed E-state index contributed by atoms with van der Waals surface area (Å²) in [4.78, 5) is 25.2. The second kappa shape index (κ2) is 9.74. The van der Waals surface area contributed by atoms with Gasteiger partial charge in [-0.1, -0.05) is 10.3 Å².